The highest BCUT2D eigenvalue weighted by molar-refractivity contribution is 7.72. The molecule has 0 spiro atoms. The normalized spacial score (nSPS) is 12.2. The third kappa shape index (κ3) is 4.50. The molecule has 0 aliphatic heterocycles. The maximum Gasteiger partial charge on any atom is 0.135 e. The quantitative estimate of drug-likeness (QED) is 0.406. The van der Waals surface area contributed by atoms with Gasteiger partial charge in [0.05, 0.1) is 0 Å². The van der Waals surface area contributed by atoms with Crippen LogP contribution in [-0.2, 0) is 0 Å². The SMILES string of the molecule is CP(c1ccccc1)c1ccccc1Oc1ccccc1Pc1ccccc1. The molecule has 0 radical (unpaired) electrons. The summed E-state index contributed by atoms with van der Waals surface area (Å²) in [5.74, 6) is 1.89. The van der Waals surface area contributed by atoms with Crippen molar-refractivity contribution < 1.29 is 4.74 Å². The predicted octanol–water partition coefficient (Wildman–Crippen LogP) is 5.17. The van der Waals surface area contributed by atoms with E-state index in [1.165, 1.54) is 21.2 Å². The van der Waals surface area contributed by atoms with E-state index >= 15 is 0 Å². The zero-order valence-corrected chi connectivity index (χ0v) is 17.6. The van der Waals surface area contributed by atoms with Crippen LogP contribution in [0.5, 0.6) is 11.5 Å². The molecule has 1 nitrogen and oxygen atoms in total. The van der Waals surface area contributed by atoms with Crippen LogP contribution in [0, 0.1) is 0 Å². The van der Waals surface area contributed by atoms with Gasteiger partial charge in [-0.2, -0.15) is 0 Å². The molecule has 0 saturated heterocycles. The molecule has 2 unspecified atom stereocenters. The van der Waals surface area contributed by atoms with Crippen molar-refractivity contribution in [2.24, 2.45) is 0 Å². The Kier molecular flexibility index (Phi) is 6.17. The van der Waals surface area contributed by atoms with E-state index in [4.69, 9.17) is 4.74 Å². The van der Waals surface area contributed by atoms with Crippen molar-refractivity contribution in [2.75, 3.05) is 6.66 Å². The van der Waals surface area contributed by atoms with Crippen LogP contribution >= 0.6 is 16.5 Å². The summed E-state index contributed by atoms with van der Waals surface area (Å²) in [4.78, 5) is 0. The fourth-order valence-electron chi connectivity index (χ4n) is 3.07. The first-order valence-corrected chi connectivity index (χ1v) is 12.1. The first kappa shape index (κ1) is 18.9. The first-order valence-electron chi connectivity index (χ1n) is 9.28. The molecule has 4 aromatic carbocycles. The topological polar surface area (TPSA) is 9.23 Å². The van der Waals surface area contributed by atoms with Gasteiger partial charge in [-0.25, -0.2) is 0 Å². The van der Waals surface area contributed by atoms with Crippen molar-refractivity contribution in [1.82, 2.24) is 0 Å². The van der Waals surface area contributed by atoms with Gasteiger partial charge in [-0.1, -0.05) is 106 Å². The Hall–Kier alpha value is -2.46. The first-order chi connectivity index (χ1) is 13.8. The highest BCUT2D eigenvalue weighted by Crippen LogP contribution is 2.35. The molecule has 3 heteroatoms. The van der Waals surface area contributed by atoms with Gasteiger partial charge >= 0.3 is 0 Å². The summed E-state index contributed by atoms with van der Waals surface area (Å²) in [5, 5.41) is 5.16. The molecular weight excluding hydrogens is 378 g/mol. The van der Waals surface area contributed by atoms with E-state index in [0.717, 1.165) is 11.5 Å². The summed E-state index contributed by atoms with van der Waals surface area (Å²) < 4.78 is 6.48. The third-order valence-corrected chi connectivity index (χ3v) is 8.00. The molecule has 0 N–H and O–H groups in total. The molecule has 0 heterocycles. The predicted molar refractivity (Wildman–Crippen MR) is 126 cm³/mol. The van der Waals surface area contributed by atoms with Crippen molar-refractivity contribution in [3.8, 4) is 11.5 Å². The van der Waals surface area contributed by atoms with Gasteiger partial charge in [0.2, 0.25) is 0 Å². The molecule has 138 valence electrons. The van der Waals surface area contributed by atoms with Crippen LogP contribution in [0.4, 0.5) is 0 Å². The molecule has 0 amide bonds. The molecule has 4 rings (SSSR count). The minimum atomic E-state index is -0.468. The van der Waals surface area contributed by atoms with Crippen LogP contribution in [-0.4, -0.2) is 6.66 Å². The van der Waals surface area contributed by atoms with Crippen molar-refractivity contribution in [3.05, 3.63) is 109 Å². The molecule has 0 aliphatic carbocycles. The molecular formula is C25H22OP2. The van der Waals surface area contributed by atoms with Crippen LogP contribution < -0.4 is 26.0 Å². The smallest absolute Gasteiger partial charge is 0.135 e. The lowest BCUT2D eigenvalue weighted by molar-refractivity contribution is 0.491. The summed E-state index contributed by atoms with van der Waals surface area (Å²) in [6, 6.07) is 38.0. The van der Waals surface area contributed by atoms with Gasteiger partial charge < -0.3 is 4.74 Å². The average Bonchev–Trinajstić information content (AvgIpc) is 2.76. The Morgan fingerprint density at radius 2 is 1.18 bits per heavy atom. The number of para-hydroxylation sites is 2. The average molecular weight is 400 g/mol. The largest absolute Gasteiger partial charge is 0.456 e. The minimum absolute atomic E-state index is 0.468. The van der Waals surface area contributed by atoms with Gasteiger partial charge in [0, 0.05) is 10.6 Å². The molecule has 28 heavy (non-hydrogen) atoms. The van der Waals surface area contributed by atoms with Gasteiger partial charge in [0.25, 0.3) is 0 Å². The van der Waals surface area contributed by atoms with Crippen LogP contribution in [0.25, 0.3) is 0 Å². The van der Waals surface area contributed by atoms with Crippen molar-refractivity contribution in [1.29, 1.82) is 0 Å². The van der Waals surface area contributed by atoms with Gasteiger partial charge in [0.15, 0.2) is 0 Å². The van der Waals surface area contributed by atoms with Gasteiger partial charge in [-0.3, -0.25) is 0 Å². The Balaban J connectivity index is 1.64. The van der Waals surface area contributed by atoms with E-state index in [0.29, 0.717) is 8.58 Å². The van der Waals surface area contributed by atoms with E-state index in [9.17, 15) is 0 Å². The molecule has 0 aromatic heterocycles. The van der Waals surface area contributed by atoms with Gasteiger partial charge in [0.1, 0.15) is 11.5 Å². The van der Waals surface area contributed by atoms with Crippen LogP contribution in [0.1, 0.15) is 0 Å². The summed E-state index contributed by atoms with van der Waals surface area (Å²) >= 11 is 0. The molecule has 0 aliphatic rings. The lowest BCUT2D eigenvalue weighted by atomic mass is 10.3. The number of benzene rings is 4. The number of hydrogen-bond acceptors (Lipinski definition) is 1. The lowest BCUT2D eigenvalue weighted by Gasteiger charge is -2.19. The molecule has 4 aromatic rings. The van der Waals surface area contributed by atoms with E-state index in [1.807, 2.05) is 6.07 Å². The van der Waals surface area contributed by atoms with Crippen molar-refractivity contribution in [3.63, 3.8) is 0 Å². The second kappa shape index (κ2) is 9.16. The lowest BCUT2D eigenvalue weighted by Crippen LogP contribution is -2.14. The molecule has 2 atom stereocenters. The fourth-order valence-corrected chi connectivity index (χ4v) is 5.83. The number of hydrogen-bond donors (Lipinski definition) is 0. The summed E-state index contributed by atoms with van der Waals surface area (Å²) in [5.41, 5.74) is 0. The van der Waals surface area contributed by atoms with Crippen LogP contribution in [0.3, 0.4) is 0 Å². The highest BCUT2D eigenvalue weighted by Gasteiger charge is 2.14. The van der Waals surface area contributed by atoms with E-state index < -0.39 is 7.92 Å². The minimum Gasteiger partial charge on any atom is -0.456 e. The van der Waals surface area contributed by atoms with Crippen LogP contribution in [0.15, 0.2) is 109 Å². The molecule has 0 bridgehead atoms. The maximum atomic E-state index is 6.48. The van der Waals surface area contributed by atoms with E-state index in [2.05, 4.69) is 110 Å². The van der Waals surface area contributed by atoms with E-state index in [1.54, 1.807) is 0 Å². The second-order valence-corrected chi connectivity index (χ2v) is 9.93. The molecule has 0 fully saturated rings. The van der Waals surface area contributed by atoms with E-state index in [-0.39, 0.29) is 0 Å². The zero-order valence-electron chi connectivity index (χ0n) is 15.7. The van der Waals surface area contributed by atoms with Crippen LogP contribution in [0.2, 0.25) is 0 Å². The Labute approximate surface area is 169 Å². The Morgan fingerprint density at radius 1 is 0.607 bits per heavy atom. The zero-order chi connectivity index (χ0) is 19.2. The van der Waals surface area contributed by atoms with Crippen molar-refractivity contribution >= 4 is 37.7 Å². The van der Waals surface area contributed by atoms with Gasteiger partial charge in [-0.05, 0) is 37.3 Å². The summed E-state index contributed by atoms with van der Waals surface area (Å²) in [7, 11) is 0.103. The van der Waals surface area contributed by atoms with Crippen molar-refractivity contribution in [2.45, 2.75) is 0 Å². The third-order valence-electron chi connectivity index (χ3n) is 4.53. The number of ether oxygens (including phenoxy) is 1. The maximum absolute atomic E-state index is 6.48. The fraction of sp³-hybridized carbons (Fsp3) is 0.0400. The Bertz CT molecular complexity index is 1030. The second-order valence-electron chi connectivity index (χ2n) is 6.45. The highest BCUT2D eigenvalue weighted by atomic mass is 31.1. The standard InChI is InChI=1S/C25H22OP2/c1-28(21-14-6-3-7-15-21)25-19-11-9-17-23(25)26-22-16-8-10-18-24(22)27-20-12-4-2-5-13-20/h2-19,27H,1H3. The summed E-state index contributed by atoms with van der Waals surface area (Å²) in [6.07, 6.45) is 0. The monoisotopic (exact) mass is 400 g/mol. The Morgan fingerprint density at radius 3 is 1.93 bits per heavy atom. The summed E-state index contributed by atoms with van der Waals surface area (Å²) in [6.45, 7) is 2.30. The number of rotatable bonds is 6. The van der Waals surface area contributed by atoms with Gasteiger partial charge in [-0.15, -0.1) is 0 Å². The molecule has 0 saturated carbocycles.